The molecule has 180 valence electrons. The van der Waals surface area contributed by atoms with E-state index in [0.717, 1.165) is 16.5 Å². The lowest BCUT2D eigenvalue weighted by Gasteiger charge is -2.27. The van der Waals surface area contributed by atoms with Crippen LogP contribution in [-0.4, -0.2) is 44.9 Å². The Bertz CT molecular complexity index is 1430. The highest BCUT2D eigenvalue weighted by atomic mass is 35.5. The number of aliphatic carboxylic acids is 1. The first-order valence-electron chi connectivity index (χ1n) is 11.5. The van der Waals surface area contributed by atoms with Gasteiger partial charge in [0.1, 0.15) is 0 Å². The molecule has 0 unspecified atom stereocenters. The number of rotatable bonds is 6. The number of methoxy groups -OCH3 is 1. The summed E-state index contributed by atoms with van der Waals surface area (Å²) in [6, 6.07) is 13.1. The van der Waals surface area contributed by atoms with Gasteiger partial charge >= 0.3 is 5.97 Å². The Morgan fingerprint density at radius 3 is 2.66 bits per heavy atom. The number of hydrogen-bond donors (Lipinski definition) is 2. The van der Waals surface area contributed by atoms with Gasteiger partial charge in [0.2, 0.25) is 5.88 Å². The van der Waals surface area contributed by atoms with Gasteiger partial charge in [-0.05, 0) is 55.5 Å². The van der Waals surface area contributed by atoms with E-state index in [9.17, 15) is 14.7 Å². The van der Waals surface area contributed by atoms with E-state index in [0.29, 0.717) is 59.6 Å². The van der Waals surface area contributed by atoms with Crippen LogP contribution in [0.5, 0.6) is 5.88 Å². The van der Waals surface area contributed by atoms with Gasteiger partial charge < -0.3 is 15.2 Å². The number of halogens is 1. The van der Waals surface area contributed by atoms with Crippen molar-refractivity contribution in [3.8, 4) is 5.88 Å². The second-order valence-electron chi connectivity index (χ2n) is 8.90. The van der Waals surface area contributed by atoms with Gasteiger partial charge in [0.15, 0.2) is 0 Å². The van der Waals surface area contributed by atoms with E-state index in [4.69, 9.17) is 16.3 Å². The van der Waals surface area contributed by atoms with E-state index in [1.165, 1.54) is 0 Å². The van der Waals surface area contributed by atoms with E-state index < -0.39 is 5.97 Å². The quantitative estimate of drug-likeness (QED) is 0.405. The molecular weight excluding hydrogens is 468 g/mol. The topological polar surface area (TPSA) is 106 Å². The average molecular weight is 493 g/mol. The number of pyridine rings is 1. The molecule has 1 aliphatic carbocycles. The Kier molecular flexibility index (Phi) is 6.30. The number of nitrogens with zero attached hydrogens (tertiary/aromatic N) is 3. The Morgan fingerprint density at radius 2 is 1.91 bits per heavy atom. The van der Waals surface area contributed by atoms with E-state index in [2.05, 4.69) is 15.4 Å². The van der Waals surface area contributed by atoms with Crippen molar-refractivity contribution >= 4 is 45.3 Å². The van der Waals surface area contributed by atoms with Gasteiger partial charge in [-0.3, -0.25) is 14.3 Å². The average Bonchev–Trinajstić information content (AvgIpc) is 3.28. The molecule has 0 aliphatic heterocycles. The zero-order valence-corrected chi connectivity index (χ0v) is 20.0. The molecule has 2 heterocycles. The van der Waals surface area contributed by atoms with Crippen LogP contribution in [0.4, 0.5) is 0 Å². The number of nitrogens with one attached hydrogen (secondary N) is 1. The summed E-state index contributed by atoms with van der Waals surface area (Å²) in [5.74, 6) is -0.761. The summed E-state index contributed by atoms with van der Waals surface area (Å²) in [6.45, 7) is 0.433. The fourth-order valence-electron chi connectivity index (χ4n) is 4.75. The number of carboxylic acids is 1. The van der Waals surface area contributed by atoms with Gasteiger partial charge in [0.25, 0.3) is 5.91 Å². The standard InChI is InChI=1S/C26H25ClN4O4/c1-35-23-11-6-16-3-2-15(12-22(16)30-23)14-31-24-19(9-10-21(27)20(24)13-28-31)25(32)29-18-7-4-17(5-8-18)26(33)34/h2-3,6,9-13,17-18H,4-5,7-8,14H2,1H3,(H,29,32)(H,33,34). The first kappa shape index (κ1) is 23.1. The van der Waals surface area contributed by atoms with Gasteiger partial charge in [-0.15, -0.1) is 0 Å². The molecule has 35 heavy (non-hydrogen) atoms. The summed E-state index contributed by atoms with van der Waals surface area (Å²) in [6.07, 6.45) is 4.09. The van der Waals surface area contributed by atoms with Crippen LogP contribution in [0.3, 0.4) is 0 Å². The number of carbonyl (C=O) groups excluding carboxylic acids is 1. The Morgan fingerprint density at radius 1 is 1.14 bits per heavy atom. The van der Waals surface area contributed by atoms with Crippen LogP contribution < -0.4 is 10.1 Å². The van der Waals surface area contributed by atoms with Crippen molar-refractivity contribution in [2.75, 3.05) is 7.11 Å². The predicted octanol–water partition coefficient (Wildman–Crippen LogP) is 4.67. The molecule has 4 aromatic rings. The Hall–Kier alpha value is -3.65. The molecule has 2 aromatic heterocycles. The molecule has 2 aromatic carbocycles. The normalized spacial score (nSPS) is 18.0. The molecule has 2 N–H and O–H groups in total. The third-order valence-corrected chi connectivity index (χ3v) is 7.01. The van der Waals surface area contributed by atoms with Gasteiger partial charge in [-0.25, -0.2) is 4.98 Å². The van der Waals surface area contributed by atoms with Crippen molar-refractivity contribution in [3.63, 3.8) is 0 Å². The van der Waals surface area contributed by atoms with Crippen LogP contribution in [0.25, 0.3) is 21.8 Å². The smallest absolute Gasteiger partial charge is 0.306 e. The summed E-state index contributed by atoms with van der Waals surface area (Å²) in [4.78, 5) is 29.0. The van der Waals surface area contributed by atoms with Crippen LogP contribution in [0.2, 0.25) is 5.02 Å². The largest absolute Gasteiger partial charge is 0.481 e. The van der Waals surface area contributed by atoms with Crippen molar-refractivity contribution in [3.05, 3.63) is 64.8 Å². The molecule has 0 saturated heterocycles. The molecule has 9 heteroatoms. The minimum Gasteiger partial charge on any atom is -0.481 e. The maximum atomic E-state index is 13.3. The van der Waals surface area contributed by atoms with E-state index >= 15 is 0 Å². The molecular formula is C26H25ClN4O4. The number of fused-ring (bicyclic) bond motifs is 2. The summed E-state index contributed by atoms with van der Waals surface area (Å²) in [5.41, 5.74) is 2.93. The van der Waals surface area contributed by atoms with Crippen molar-refractivity contribution in [2.45, 2.75) is 38.3 Å². The molecule has 0 bridgehead atoms. The van der Waals surface area contributed by atoms with E-state index in [1.807, 2.05) is 30.3 Å². The molecule has 0 atom stereocenters. The molecule has 1 fully saturated rings. The summed E-state index contributed by atoms with van der Waals surface area (Å²) in [7, 11) is 1.59. The SMILES string of the molecule is COc1ccc2ccc(Cn3ncc4c(Cl)ccc(C(=O)NC5CCC(C(=O)O)CC5)c43)cc2n1. The first-order valence-corrected chi connectivity index (χ1v) is 11.9. The molecule has 1 amide bonds. The van der Waals surface area contributed by atoms with Crippen LogP contribution in [0.15, 0.2) is 48.7 Å². The molecule has 0 spiro atoms. The third kappa shape index (κ3) is 4.66. The molecule has 1 aliphatic rings. The summed E-state index contributed by atoms with van der Waals surface area (Å²) >= 11 is 6.43. The monoisotopic (exact) mass is 492 g/mol. The lowest BCUT2D eigenvalue weighted by molar-refractivity contribution is -0.142. The number of benzene rings is 2. The number of carboxylic acid groups (broad SMARTS) is 1. The lowest BCUT2D eigenvalue weighted by Crippen LogP contribution is -2.38. The second kappa shape index (κ2) is 9.54. The number of amides is 1. The highest BCUT2D eigenvalue weighted by Crippen LogP contribution is 2.29. The van der Waals surface area contributed by atoms with Crippen LogP contribution in [0.1, 0.15) is 41.6 Å². The molecule has 1 saturated carbocycles. The zero-order chi connectivity index (χ0) is 24.5. The molecule has 8 nitrogen and oxygen atoms in total. The number of carbonyl (C=O) groups is 2. The van der Waals surface area contributed by atoms with E-state index in [-0.39, 0.29) is 17.9 Å². The molecule has 5 rings (SSSR count). The predicted molar refractivity (Wildman–Crippen MR) is 133 cm³/mol. The number of aromatic nitrogens is 3. The van der Waals surface area contributed by atoms with Crippen LogP contribution in [0, 0.1) is 5.92 Å². The maximum absolute atomic E-state index is 13.3. The van der Waals surface area contributed by atoms with Gasteiger partial charge in [-0.2, -0.15) is 5.10 Å². The Labute approximate surface area is 206 Å². The van der Waals surface area contributed by atoms with Crippen molar-refractivity contribution < 1.29 is 19.4 Å². The number of ether oxygens (including phenoxy) is 1. The van der Waals surface area contributed by atoms with Gasteiger partial charge in [-0.1, -0.05) is 23.7 Å². The fourth-order valence-corrected chi connectivity index (χ4v) is 4.95. The van der Waals surface area contributed by atoms with Gasteiger partial charge in [0.05, 0.1) is 47.4 Å². The minimum absolute atomic E-state index is 0.0539. The zero-order valence-electron chi connectivity index (χ0n) is 19.2. The highest BCUT2D eigenvalue weighted by Gasteiger charge is 2.27. The fraction of sp³-hybridized carbons (Fsp3) is 0.308. The lowest BCUT2D eigenvalue weighted by atomic mass is 9.86. The van der Waals surface area contributed by atoms with Crippen molar-refractivity contribution in [2.24, 2.45) is 5.92 Å². The third-order valence-electron chi connectivity index (χ3n) is 6.68. The maximum Gasteiger partial charge on any atom is 0.306 e. The van der Waals surface area contributed by atoms with Crippen LogP contribution >= 0.6 is 11.6 Å². The Balaban J connectivity index is 1.42. The molecule has 0 radical (unpaired) electrons. The summed E-state index contributed by atoms with van der Waals surface area (Å²) in [5, 5.41) is 19.1. The summed E-state index contributed by atoms with van der Waals surface area (Å²) < 4.78 is 7.02. The van der Waals surface area contributed by atoms with Crippen molar-refractivity contribution in [1.29, 1.82) is 0 Å². The number of hydrogen-bond acceptors (Lipinski definition) is 5. The van der Waals surface area contributed by atoms with Gasteiger partial charge in [0, 0.05) is 22.9 Å². The second-order valence-corrected chi connectivity index (χ2v) is 9.31. The van der Waals surface area contributed by atoms with Crippen LogP contribution in [-0.2, 0) is 11.3 Å². The van der Waals surface area contributed by atoms with E-state index in [1.54, 1.807) is 30.1 Å². The van der Waals surface area contributed by atoms with Crippen molar-refractivity contribution in [1.82, 2.24) is 20.1 Å². The minimum atomic E-state index is -0.763. The highest BCUT2D eigenvalue weighted by molar-refractivity contribution is 6.36. The first-order chi connectivity index (χ1) is 16.9.